The molecular formula is C12H18O. The molecule has 1 N–H and O–H groups in total. The number of aliphatic hydroxyl groups is 1. The molecule has 0 unspecified atom stereocenters. The molecule has 0 aromatic heterocycles. The Morgan fingerprint density at radius 1 is 1.08 bits per heavy atom. The van der Waals surface area contributed by atoms with Crippen LogP contribution in [0.2, 0.25) is 0 Å². The smallest absolute Gasteiger partial charge is 0.0926 e. The molecule has 1 nitrogen and oxygen atoms in total. The third-order valence-corrected chi connectivity index (χ3v) is 2.20. The third kappa shape index (κ3) is 2.94. The highest BCUT2D eigenvalue weighted by molar-refractivity contribution is 5.47. The van der Waals surface area contributed by atoms with E-state index in [0.717, 1.165) is 22.3 Å². The van der Waals surface area contributed by atoms with Crippen LogP contribution in [0.25, 0.3) is 0 Å². The number of rotatable bonds is 3. The molecule has 0 saturated heterocycles. The molecule has 72 valence electrons. The first-order valence-corrected chi connectivity index (χ1v) is 4.27. The lowest BCUT2D eigenvalue weighted by Gasteiger charge is -2.09. The molecule has 0 amide bonds. The van der Waals surface area contributed by atoms with E-state index >= 15 is 0 Å². The monoisotopic (exact) mass is 178 g/mol. The molecule has 1 heteroatoms. The van der Waals surface area contributed by atoms with Gasteiger partial charge in [-0.25, -0.2) is 0 Å². The van der Waals surface area contributed by atoms with Crippen LogP contribution >= 0.6 is 0 Å². The summed E-state index contributed by atoms with van der Waals surface area (Å²) >= 11 is 0. The Bertz CT molecular complexity index is 286. The lowest BCUT2D eigenvalue weighted by molar-refractivity contribution is 0.408. The molecule has 0 bridgehead atoms. The van der Waals surface area contributed by atoms with Crippen LogP contribution in [0, 0.1) is 0 Å². The molecule has 0 spiro atoms. The highest BCUT2D eigenvalue weighted by Crippen LogP contribution is 2.21. The van der Waals surface area contributed by atoms with Crippen molar-refractivity contribution in [1.82, 2.24) is 0 Å². The summed E-state index contributed by atoms with van der Waals surface area (Å²) in [7, 11) is 0. The van der Waals surface area contributed by atoms with Gasteiger partial charge in [-0.05, 0) is 44.4 Å². The van der Waals surface area contributed by atoms with E-state index in [0.29, 0.717) is 5.76 Å². The second-order valence-electron chi connectivity index (χ2n) is 3.23. The highest BCUT2D eigenvalue weighted by Gasteiger charge is 2.04. The van der Waals surface area contributed by atoms with E-state index in [9.17, 15) is 5.11 Å². The van der Waals surface area contributed by atoms with Gasteiger partial charge in [0, 0.05) is 0 Å². The van der Waals surface area contributed by atoms with Crippen LogP contribution in [0.4, 0.5) is 0 Å². The molecule has 0 radical (unpaired) electrons. The van der Waals surface area contributed by atoms with Gasteiger partial charge in [-0.3, -0.25) is 0 Å². The quantitative estimate of drug-likeness (QED) is 0.513. The van der Waals surface area contributed by atoms with Crippen molar-refractivity contribution in [3.63, 3.8) is 0 Å². The first-order valence-electron chi connectivity index (χ1n) is 4.27. The molecule has 0 fully saturated rings. The van der Waals surface area contributed by atoms with Gasteiger partial charge in [0.1, 0.15) is 0 Å². The molecule has 0 aliphatic carbocycles. The Morgan fingerprint density at radius 3 is 1.77 bits per heavy atom. The summed E-state index contributed by atoms with van der Waals surface area (Å²) in [4.78, 5) is 0. The maximum atomic E-state index is 9.32. The summed E-state index contributed by atoms with van der Waals surface area (Å²) in [6.07, 6.45) is 1.75. The van der Waals surface area contributed by atoms with Gasteiger partial charge in [0.15, 0.2) is 0 Å². The predicted molar refractivity (Wildman–Crippen MR) is 58.7 cm³/mol. The van der Waals surface area contributed by atoms with Crippen molar-refractivity contribution in [1.29, 1.82) is 0 Å². The third-order valence-electron chi connectivity index (χ3n) is 2.20. The van der Waals surface area contributed by atoms with E-state index in [2.05, 4.69) is 13.2 Å². The van der Waals surface area contributed by atoms with Crippen molar-refractivity contribution in [2.24, 2.45) is 0 Å². The van der Waals surface area contributed by atoms with Gasteiger partial charge in [-0.2, -0.15) is 0 Å². The summed E-state index contributed by atoms with van der Waals surface area (Å²) in [5, 5.41) is 9.32. The normalized spacial score (nSPS) is 14.5. The standard InChI is InChI=1S/C12H18O/c1-7-12(9(4)8(2)3)10(5)11(6)13/h7,13H,1-2H2,3-6H3/b11-10+,12-9-. The zero-order chi connectivity index (χ0) is 10.6. The van der Waals surface area contributed by atoms with Gasteiger partial charge in [0.2, 0.25) is 0 Å². The second-order valence-corrected chi connectivity index (χ2v) is 3.23. The average molecular weight is 178 g/mol. The van der Waals surface area contributed by atoms with Gasteiger partial charge >= 0.3 is 0 Å². The van der Waals surface area contributed by atoms with Crippen molar-refractivity contribution in [2.75, 3.05) is 0 Å². The molecule has 0 aromatic rings. The van der Waals surface area contributed by atoms with E-state index in [1.165, 1.54) is 0 Å². The first kappa shape index (κ1) is 11.8. The largest absolute Gasteiger partial charge is 0.512 e. The fourth-order valence-corrected chi connectivity index (χ4v) is 1.01. The fraction of sp³-hybridized carbons (Fsp3) is 0.333. The lowest BCUT2D eigenvalue weighted by atomic mass is 9.97. The number of hydrogen-bond acceptors (Lipinski definition) is 1. The van der Waals surface area contributed by atoms with Crippen LogP contribution in [0.15, 0.2) is 47.3 Å². The van der Waals surface area contributed by atoms with Gasteiger partial charge in [-0.1, -0.05) is 24.8 Å². The van der Waals surface area contributed by atoms with Crippen LogP contribution in [0.3, 0.4) is 0 Å². The summed E-state index contributed by atoms with van der Waals surface area (Å²) in [6, 6.07) is 0. The Kier molecular flexibility index (Phi) is 4.26. The maximum absolute atomic E-state index is 9.32. The highest BCUT2D eigenvalue weighted by atomic mass is 16.3. The molecule has 13 heavy (non-hydrogen) atoms. The van der Waals surface area contributed by atoms with Crippen LogP contribution in [-0.4, -0.2) is 5.11 Å². The van der Waals surface area contributed by atoms with Crippen LogP contribution in [-0.2, 0) is 0 Å². The zero-order valence-corrected chi connectivity index (χ0v) is 8.94. The molecule has 0 rings (SSSR count). The number of hydrogen-bond donors (Lipinski definition) is 1. The Labute approximate surface area is 80.8 Å². The minimum absolute atomic E-state index is 0.329. The number of aliphatic hydroxyl groups excluding tert-OH is 1. The topological polar surface area (TPSA) is 20.2 Å². The minimum Gasteiger partial charge on any atom is -0.512 e. The SMILES string of the molecule is C=CC(=C(\C)C(=C)C)/C(C)=C(\C)O. The summed E-state index contributed by atoms with van der Waals surface area (Å²) < 4.78 is 0. The number of allylic oxidation sites excluding steroid dienone is 6. The predicted octanol–water partition coefficient (Wildman–Crippen LogP) is 3.92. The van der Waals surface area contributed by atoms with Crippen LogP contribution < -0.4 is 0 Å². The van der Waals surface area contributed by atoms with Crippen molar-refractivity contribution >= 4 is 0 Å². The molecular weight excluding hydrogens is 160 g/mol. The van der Waals surface area contributed by atoms with Crippen molar-refractivity contribution in [3.8, 4) is 0 Å². The molecule has 0 heterocycles. The molecule has 0 aliphatic rings. The Morgan fingerprint density at radius 2 is 1.54 bits per heavy atom. The van der Waals surface area contributed by atoms with Crippen molar-refractivity contribution in [3.05, 3.63) is 47.3 Å². The fourth-order valence-electron chi connectivity index (χ4n) is 1.01. The van der Waals surface area contributed by atoms with Gasteiger partial charge in [0.05, 0.1) is 5.76 Å². The van der Waals surface area contributed by atoms with Crippen molar-refractivity contribution in [2.45, 2.75) is 27.7 Å². The first-order chi connectivity index (χ1) is 5.91. The van der Waals surface area contributed by atoms with Gasteiger partial charge in [-0.15, -0.1) is 0 Å². The molecule has 0 aliphatic heterocycles. The molecule has 0 aromatic carbocycles. The van der Waals surface area contributed by atoms with Crippen LogP contribution in [0.5, 0.6) is 0 Å². The van der Waals surface area contributed by atoms with Crippen molar-refractivity contribution < 1.29 is 5.11 Å². The van der Waals surface area contributed by atoms with E-state index in [4.69, 9.17) is 0 Å². The summed E-state index contributed by atoms with van der Waals surface area (Å²) in [5.74, 6) is 0.329. The Hall–Kier alpha value is -1.24. The average Bonchev–Trinajstić information content (AvgIpc) is 2.04. The lowest BCUT2D eigenvalue weighted by Crippen LogP contribution is -1.92. The minimum atomic E-state index is 0.329. The maximum Gasteiger partial charge on any atom is 0.0926 e. The molecule has 0 atom stereocenters. The second kappa shape index (κ2) is 4.70. The van der Waals surface area contributed by atoms with Gasteiger partial charge < -0.3 is 5.11 Å². The summed E-state index contributed by atoms with van der Waals surface area (Å²) in [5.41, 5.74) is 3.89. The van der Waals surface area contributed by atoms with E-state index in [1.807, 2.05) is 20.8 Å². The molecule has 0 saturated carbocycles. The van der Waals surface area contributed by atoms with E-state index < -0.39 is 0 Å². The van der Waals surface area contributed by atoms with E-state index in [-0.39, 0.29) is 0 Å². The van der Waals surface area contributed by atoms with E-state index in [1.54, 1.807) is 13.0 Å². The summed E-state index contributed by atoms with van der Waals surface area (Å²) in [6.45, 7) is 15.0. The zero-order valence-electron chi connectivity index (χ0n) is 8.94. The Balaban J connectivity index is 5.37. The van der Waals surface area contributed by atoms with Crippen LogP contribution in [0.1, 0.15) is 27.7 Å². The van der Waals surface area contributed by atoms with Gasteiger partial charge in [0.25, 0.3) is 0 Å².